The smallest absolute Gasteiger partial charge is 0.126 e. The molecule has 0 saturated heterocycles. The number of hydrogen-bond acceptors (Lipinski definition) is 1. The molecule has 1 nitrogen and oxygen atoms in total. The minimum absolute atomic E-state index is 0.246. The summed E-state index contributed by atoms with van der Waals surface area (Å²) in [6.45, 7) is 1.69. The van der Waals surface area contributed by atoms with Crippen molar-refractivity contribution >= 4 is 11.4 Å². The minimum atomic E-state index is -0.302. The van der Waals surface area contributed by atoms with E-state index in [1.165, 1.54) is 18.2 Å². The van der Waals surface area contributed by atoms with Crippen LogP contribution in [0.2, 0.25) is 0 Å². The van der Waals surface area contributed by atoms with Gasteiger partial charge >= 0.3 is 0 Å². The van der Waals surface area contributed by atoms with Crippen molar-refractivity contribution in [2.45, 2.75) is 6.92 Å². The van der Waals surface area contributed by atoms with E-state index in [9.17, 15) is 8.78 Å². The number of aryl methyl sites for hydroxylation is 1. The second-order valence-electron chi connectivity index (χ2n) is 3.60. The molecule has 2 aromatic rings. The lowest BCUT2D eigenvalue weighted by Gasteiger charge is -2.07. The molecule has 2 rings (SSSR count). The molecule has 0 bridgehead atoms. The molecule has 0 fully saturated rings. The summed E-state index contributed by atoms with van der Waals surface area (Å²) in [5.74, 6) is -0.548. The number of rotatable bonds is 2. The summed E-state index contributed by atoms with van der Waals surface area (Å²) in [6.07, 6.45) is 0. The first-order chi connectivity index (χ1) is 7.65. The van der Waals surface area contributed by atoms with Gasteiger partial charge in [-0.25, -0.2) is 8.78 Å². The lowest BCUT2D eigenvalue weighted by Crippen LogP contribution is -1.92. The van der Waals surface area contributed by atoms with Gasteiger partial charge in [-0.2, -0.15) is 0 Å². The van der Waals surface area contributed by atoms with Crippen LogP contribution in [-0.2, 0) is 0 Å². The quantitative estimate of drug-likeness (QED) is 0.804. The molecule has 0 aliphatic heterocycles. The molecule has 0 atom stereocenters. The van der Waals surface area contributed by atoms with Crippen LogP contribution in [0.3, 0.4) is 0 Å². The Morgan fingerprint density at radius 1 is 0.938 bits per heavy atom. The number of nitrogens with one attached hydrogen (secondary N) is 1. The fourth-order valence-electron chi connectivity index (χ4n) is 1.46. The van der Waals surface area contributed by atoms with Gasteiger partial charge in [0.25, 0.3) is 0 Å². The first-order valence-corrected chi connectivity index (χ1v) is 4.94. The Hall–Kier alpha value is -1.90. The molecule has 82 valence electrons. The lowest BCUT2D eigenvalue weighted by atomic mass is 10.2. The van der Waals surface area contributed by atoms with Crippen molar-refractivity contribution in [2.75, 3.05) is 5.32 Å². The maximum absolute atomic E-state index is 13.0. The predicted molar refractivity (Wildman–Crippen MR) is 60.8 cm³/mol. The molecule has 2 aromatic carbocycles. The standard InChI is InChI=1S/C13H11F2N/c1-9-7-12(5-6-13(9)15)16-11-4-2-3-10(14)8-11/h2-8,16H,1H3. The third kappa shape index (κ3) is 2.37. The van der Waals surface area contributed by atoms with E-state index in [2.05, 4.69) is 5.32 Å². The third-order valence-corrected chi connectivity index (χ3v) is 2.27. The molecule has 0 saturated carbocycles. The zero-order valence-electron chi connectivity index (χ0n) is 8.80. The maximum Gasteiger partial charge on any atom is 0.126 e. The van der Waals surface area contributed by atoms with Crippen LogP contribution in [0.4, 0.5) is 20.2 Å². The van der Waals surface area contributed by atoms with Gasteiger partial charge in [-0.1, -0.05) is 6.07 Å². The number of benzene rings is 2. The zero-order valence-corrected chi connectivity index (χ0v) is 8.80. The van der Waals surface area contributed by atoms with Crippen molar-refractivity contribution in [3.05, 3.63) is 59.7 Å². The third-order valence-electron chi connectivity index (χ3n) is 2.27. The van der Waals surface area contributed by atoms with Crippen LogP contribution < -0.4 is 5.32 Å². The van der Waals surface area contributed by atoms with Crippen LogP contribution in [0.25, 0.3) is 0 Å². The molecule has 0 aromatic heterocycles. The van der Waals surface area contributed by atoms with Crippen LogP contribution in [0.5, 0.6) is 0 Å². The second-order valence-corrected chi connectivity index (χ2v) is 3.60. The van der Waals surface area contributed by atoms with Gasteiger partial charge in [0.15, 0.2) is 0 Å². The molecule has 1 N–H and O–H groups in total. The topological polar surface area (TPSA) is 12.0 Å². The van der Waals surface area contributed by atoms with Crippen molar-refractivity contribution in [1.82, 2.24) is 0 Å². The molecular formula is C13H11F2N. The normalized spacial score (nSPS) is 10.2. The van der Waals surface area contributed by atoms with Crippen LogP contribution in [0.1, 0.15) is 5.56 Å². The monoisotopic (exact) mass is 219 g/mol. The summed E-state index contributed by atoms with van der Waals surface area (Å²) in [5.41, 5.74) is 1.94. The first-order valence-electron chi connectivity index (χ1n) is 4.94. The highest BCUT2D eigenvalue weighted by atomic mass is 19.1. The predicted octanol–water partition coefficient (Wildman–Crippen LogP) is 4.02. The van der Waals surface area contributed by atoms with Crippen molar-refractivity contribution in [3.8, 4) is 0 Å². The summed E-state index contributed by atoms with van der Waals surface area (Å²) in [4.78, 5) is 0. The Morgan fingerprint density at radius 2 is 1.69 bits per heavy atom. The average molecular weight is 219 g/mol. The molecule has 0 aliphatic carbocycles. The van der Waals surface area contributed by atoms with E-state index < -0.39 is 0 Å². The van der Waals surface area contributed by atoms with Gasteiger partial charge in [0, 0.05) is 11.4 Å². The van der Waals surface area contributed by atoms with Crippen molar-refractivity contribution in [3.63, 3.8) is 0 Å². The number of hydrogen-bond donors (Lipinski definition) is 1. The van der Waals surface area contributed by atoms with Gasteiger partial charge in [-0.15, -0.1) is 0 Å². The first kappa shape index (κ1) is 10.6. The summed E-state index contributed by atoms with van der Waals surface area (Å²) in [6, 6.07) is 10.8. The Labute approximate surface area is 92.7 Å². The highest BCUT2D eigenvalue weighted by Crippen LogP contribution is 2.19. The van der Waals surface area contributed by atoms with Crippen molar-refractivity contribution in [2.24, 2.45) is 0 Å². The fraction of sp³-hybridized carbons (Fsp3) is 0.0769. The lowest BCUT2D eigenvalue weighted by molar-refractivity contribution is 0.618. The van der Waals surface area contributed by atoms with E-state index in [0.29, 0.717) is 11.3 Å². The van der Waals surface area contributed by atoms with Gasteiger partial charge in [-0.3, -0.25) is 0 Å². The van der Waals surface area contributed by atoms with Crippen LogP contribution in [0.15, 0.2) is 42.5 Å². The van der Waals surface area contributed by atoms with Gasteiger partial charge in [0.2, 0.25) is 0 Å². The Morgan fingerprint density at radius 3 is 2.38 bits per heavy atom. The molecule has 0 aliphatic rings. The van der Waals surface area contributed by atoms with Crippen molar-refractivity contribution < 1.29 is 8.78 Å². The molecule has 3 heteroatoms. The molecule has 0 amide bonds. The van der Waals surface area contributed by atoms with Gasteiger partial charge in [-0.05, 0) is 48.9 Å². The van der Waals surface area contributed by atoms with Crippen LogP contribution >= 0.6 is 0 Å². The zero-order chi connectivity index (χ0) is 11.5. The van der Waals surface area contributed by atoms with E-state index in [4.69, 9.17) is 0 Å². The summed E-state index contributed by atoms with van der Waals surface area (Å²) < 4.78 is 25.9. The van der Waals surface area contributed by atoms with E-state index in [-0.39, 0.29) is 11.6 Å². The van der Waals surface area contributed by atoms with E-state index in [1.807, 2.05) is 0 Å². The molecule has 0 spiro atoms. The molecule has 0 unspecified atom stereocenters. The van der Waals surface area contributed by atoms with Crippen LogP contribution in [-0.4, -0.2) is 0 Å². The SMILES string of the molecule is Cc1cc(Nc2cccc(F)c2)ccc1F. The Bertz CT molecular complexity index is 509. The largest absolute Gasteiger partial charge is 0.355 e. The molecule has 16 heavy (non-hydrogen) atoms. The maximum atomic E-state index is 13.0. The number of anilines is 2. The highest BCUT2D eigenvalue weighted by Gasteiger charge is 2.00. The molecule has 0 heterocycles. The van der Waals surface area contributed by atoms with Gasteiger partial charge in [0.05, 0.1) is 0 Å². The summed E-state index contributed by atoms with van der Waals surface area (Å²) in [5, 5.41) is 3.01. The van der Waals surface area contributed by atoms with Gasteiger partial charge in [0.1, 0.15) is 11.6 Å². The molecule has 0 radical (unpaired) electrons. The Balaban J connectivity index is 2.24. The summed E-state index contributed by atoms with van der Waals surface area (Å²) in [7, 11) is 0. The average Bonchev–Trinajstić information content (AvgIpc) is 2.24. The van der Waals surface area contributed by atoms with Crippen LogP contribution in [0, 0.1) is 18.6 Å². The minimum Gasteiger partial charge on any atom is -0.355 e. The summed E-state index contributed by atoms with van der Waals surface area (Å²) >= 11 is 0. The second kappa shape index (κ2) is 4.31. The van der Waals surface area contributed by atoms with E-state index >= 15 is 0 Å². The number of halogens is 2. The van der Waals surface area contributed by atoms with Crippen molar-refractivity contribution in [1.29, 1.82) is 0 Å². The highest BCUT2D eigenvalue weighted by molar-refractivity contribution is 5.60. The van der Waals surface area contributed by atoms with E-state index in [0.717, 1.165) is 5.69 Å². The fourth-order valence-corrected chi connectivity index (χ4v) is 1.46. The van der Waals surface area contributed by atoms with E-state index in [1.54, 1.807) is 31.2 Å². The molecular weight excluding hydrogens is 208 g/mol. The van der Waals surface area contributed by atoms with Gasteiger partial charge < -0.3 is 5.32 Å². The Kier molecular flexibility index (Phi) is 2.86.